The van der Waals surface area contributed by atoms with Crippen LogP contribution in [0.3, 0.4) is 0 Å². The lowest BCUT2D eigenvalue weighted by Gasteiger charge is -2.35. The Kier molecular flexibility index (Phi) is 7.31. The van der Waals surface area contributed by atoms with Gasteiger partial charge in [-0.15, -0.1) is 0 Å². The molecule has 2 aliphatic carbocycles. The van der Waals surface area contributed by atoms with Gasteiger partial charge in [-0.2, -0.15) is 5.10 Å². The lowest BCUT2D eigenvalue weighted by atomic mass is 9.80. The first kappa shape index (κ1) is 28.9. The van der Waals surface area contributed by atoms with Crippen LogP contribution in [0.5, 0.6) is 0 Å². The van der Waals surface area contributed by atoms with Crippen LogP contribution in [0.25, 0.3) is 11.3 Å². The number of anilines is 2. The molecule has 4 fully saturated rings. The highest BCUT2D eigenvalue weighted by atomic mass is 16.5. The number of pyridine rings is 1. The van der Waals surface area contributed by atoms with Crippen LogP contribution >= 0.6 is 0 Å². The molecule has 12 heteroatoms. The second-order valence-electron chi connectivity index (χ2n) is 13.2. The van der Waals surface area contributed by atoms with Gasteiger partial charge in [0.2, 0.25) is 11.8 Å². The molecule has 3 aromatic rings. The molecule has 4 amide bonds. The number of imide groups is 2. The topological polar surface area (TPSA) is 148 Å². The van der Waals surface area contributed by atoms with E-state index < -0.39 is 23.8 Å². The van der Waals surface area contributed by atoms with E-state index in [2.05, 4.69) is 39.0 Å². The smallest absolute Gasteiger partial charge is 0.262 e. The van der Waals surface area contributed by atoms with E-state index in [1.807, 2.05) is 6.07 Å². The Labute approximate surface area is 266 Å². The van der Waals surface area contributed by atoms with Gasteiger partial charge in [0.15, 0.2) is 0 Å². The molecule has 2 aromatic heterocycles. The molecule has 3 aliphatic heterocycles. The number of carbonyl (C=O) groups excluding carboxylic acids is 4. The first-order valence-corrected chi connectivity index (χ1v) is 16.4. The summed E-state index contributed by atoms with van der Waals surface area (Å²) in [5, 5.41) is 14.3. The highest BCUT2D eigenvalue weighted by Gasteiger charge is 2.44. The average Bonchev–Trinajstić information content (AvgIpc) is 3.75. The zero-order valence-electron chi connectivity index (χ0n) is 25.5. The highest BCUT2D eigenvalue weighted by Crippen LogP contribution is 2.45. The fourth-order valence-corrected chi connectivity index (χ4v) is 7.09. The van der Waals surface area contributed by atoms with Gasteiger partial charge in [0.25, 0.3) is 11.8 Å². The van der Waals surface area contributed by atoms with Crippen LogP contribution in [0, 0.1) is 5.92 Å². The predicted octanol–water partition coefficient (Wildman–Crippen LogP) is 3.88. The van der Waals surface area contributed by atoms with Gasteiger partial charge in [-0.1, -0.05) is 6.07 Å². The van der Waals surface area contributed by atoms with Gasteiger partial charge in [-0.3, -0.25) is 34.1 Å². The second-order valence-corrected chi connectivity index (χ2v) is 13.2. The first-order valence-electron chi connectivity index (χ1n) is 16.4. The minimum Gasteiger partial charge on any atom is -0.385 e. The molecule has 12 nitrogen and oxygen atoms in total. The Bertz CT molecular complexity index is 1720. The van der Waals surface area contributed by atoms with E-state index in [-0.39, 0.29) is 29.9 Å². The van der Waals surface area contributed by atoms with Crippen molar-refractivity contribution in [2.24, 2.45) is 5.92 Å². The van der Waals surface area contributed by atoms with Gasteiger partial charge in [-0.05, 0) is 81.2 Å². The van der Waals surface area contributed by atoms with Crippen LogP contribution in [0.4, 0.5) is 11.5 Å². The van der Waals surface area contributed by atoms with Gasteiger partial charge in [-0.25, -0.2) is 4.98 Å². The van der Waals surface area contributed by atoms with Crippen molar-refractivity contribution in [1.29, 1.82) is 0 Å². The summed E-state index contributed by atoms with van der Waals surface area (Å²) in [6.45, 7) is 2.31. The van der Waals surface area contributed by atoms with E-state index in [9.17, 15) is 19.2 Å². The summed E-state index contributed by atoms with van der Waals surface area (Å²) in [4.78, 5) is 56.0. The zero-order valence-corrected chi connectivity index (χ0v) is 25.5. The summed E-state index contributed by atoms with van der Waals surface area (Å²) in [5.41, 5.74) is 4.56. The molecular weight excluding hydrogens is 586 g/mol. The summed E-state index contributed by atoms with van der Waals surface area (Å²) < 4.78 is 7.64. The van der Waals surface area contributed by atoms with Crippen molar-refractivity contribution >= 4 is 35.1 Å². The highest BCUT2D eigenvalue weighted by molar-refractivity contribution is 6.23. The molecule has 0 bridgehead atoms. The first-order chi connectivity index (χ1) is 22.4. The SMILES string of the molecule is O=C1CCC(N2C(=O)c3ccc(NC[C@H]4C[C@@H](n5cc(-c6cccc(NC7CCOCC7)n6)c(C6CC6)n5)C4)cc3C2=O)C(=O)N1. The number of nitrogens with zero attached hydrogens (tertiary/aromatic N) is 4. The number of piperidine rings is 1. The number of benzene rings is 1. The molecule has 238 valence electrons. The zero-order chi connectivity index (χ0) is 31.4. The van der Waals surface area contributed by atoms with Gasteiger partial charge < -0.3 is 15.4 Å². The van der Waals surface area contributed by atoms with E-state index in [1.54, 1.807) is 18.2 Å². The number of aromatic nitrogens is 3. The number of rotatable bonds is 9. The second kappa shape index (κ2) is 11.7. The maximum atomic E-state index is 13.2. The van der Waals surface area contributed by atoms with Crippen LogP contribution in [0.15, 0.2) is 42.6 Å². The molecule has 5 heterocycles. The Morgan fingerprint density at radius 1 is 0.913 bits per heavy atom. The van der Waals surface area contributed by atoms with E-state index in [4.69, 9.17) is 14.8 Å². The fraction of sp³-hybridized carbons (Fsp3) is 0.471. The molecule has 1 aromatic carbocycles. The largest absolute Gasteiger partial charge is 0.385 e. The third kappa shape index (κ3) is 5.44. The Balaban J connectivity index is 0.897. The van der Waals surface area contributed by atoms with Crippen LogP contribution in [-0.4, -0.2) is 75.1 Å². The van der Waals surface area contributed by atoms with Crippen LogP contribution < -0.4 is 16.0 Å². The van der Waals surface area contributed by atoms with Crippen LogP contribution in [0.1, 0.15) is 89.7 Å². The van der Waals surface area contributed by atoms with E-state index in [1.165, 1.54) is 12.8 Å². The maximum Gasteiger partial charge on any atom is 0.262 e. The van der Waals surface area contributed by atoms with Gasteiger partial charge >= 0.3 is 0 Å². The summed E-state index contributed by atoms with van der Waals surface area (Å²) in [5.74, 6) is -0.146. The molecule has 0 radical (unpaired) electrons. The summed E-state index contributed by atoms with van der Waals surface area (Å²) in [7, 11) is 0. The van der Waals surface area contributed by atoms with Crippen LogP contribution in [0.2, 0.25) is 0 Å². The quantitative estimate of drug-likeness (QED) is 0.302. The normalized spacial score (nSPS) is 24.9. The number of amides is 4. The maximum absolute atomic E-state index is 13.2. The summed E-state index contributed by atoms with van der Waals surface area (Å²) in [6.07, 6.45) is 8.71. The molecule has 1 unspecified atom stereocenters. The molecule has 2 saturated carbocycles. The Morgan fingerprint density at radius 3 is 2.50 bits per heavy atom. The number of ether oxygens (including phenoxy) is 1. The van der Waals surface area contributed by atoms with Crippen molar-refractivity contribution < 1.29 is 23.9 Å². The van der Waals surface area contributed by atoms with Crippen molar-refractivity contribution in [1.82, 2.24) is 25.0 Å². The average molecular weight is 624 g/mol. The van der Waals surface area contributed by atoms with Crippen molar-refractivity contribution in [2.45, 2.75) is 75.4 Å². The Morgan fingerprint density at radius 2 is 1.72 bits per heavy atom. The third-order valence-electron chi connectivity index (χ3n) is 9.94. The number of fused-ring (bicyclic) bond motifs is 1. The number of nitrogens with one attached hydrogen (secondary N) is 3. The number of carbonyl (C=O) groups is 4. The van der Waals surface area contributed by atoms with Gasteiger partial charge in [0, 0.05) is 55.6 Å². The number of hydrogen-bond acceptors (Lipinski definition) is 9. The fourth-order valence-electron chi connectivity index (χ4n) is 7.09. The Hall–Kier alpha value is -4.58. The third-order valence-corrected chi connectivity index (χ3v) is 9.94. The molecule has 0 spiro atoms. The molecule has 46 heavy (non-hydrogen) atoms. The lowest BCUT2D eigenvalue weighted by molar-refractivity contribution is -0.136. The predicted molar refractivity (Wildman–Crippen MR) is 168 cm³/mol. The molecule has 3 N–H and O–H groups in total. The molecule has 8 rings (SSSR count). The number of hydrogen-bond donors (Lipinski definition) is 3. The van der Waals surface area contributed by atoms with E-state index >= 15 is 0 Å². The molecule has 1 atom stereocenters. The van der Waals surface area contributed by atoms with Crippen molar-refractivity contribution in [2.75, 3.05) is 30.4 Å². The van der Waals surface area contributed by atoms with E-state index in [0.29, 0.717) is 23.9 Å². The van der Waals surface area contributed by atoms with Crippen molar-refractivity contribution in [3.8, 4) is 11.3 Å². The molecular formula is C34H37N7O5. The lowest BCUT2D eigenvalue weighted by Crippen LogP contribution is -2.54. The van der Waals surface area contributed by atoms with Crippen molar-refractivity contribution in [3.05, 3.63) is 59.4 Å². The van der Waals surface area contributed by atoms with Crippen LogP contribution in [-0.2, 0) is 14.3 Å². The van der Waals surface area contributed by atoms with Crippen molar-refractivity contribution in [3.63, 3.8) is 0 Å². The minimum absolute atomic E-state index is 0.0964. The van der Waals surface area contributed by atoms with E-state index in [0.717, 1.165) is 78.8 Å². The minimum atomic E-state index is -0.967. The van der Waals surface area contributed by atoms with Gasteiger partial charge in [0.1, 0.15) is 11.9 Å². The monoisotopic (exact) mass is 623 g/mol. The molecule has 2 saturated heterocycles. The summed E-state index contributed by atoms with van der Waals surface area (Å²) >= 11 is 0. The summed E-state index contributed by atoms with van der Waals surface area (Å²) in [6, 6.07) is 11.0. The standard InChI is InChI=1S/C34H37N7O5/c42-30-9-8-28(32(43)38-30)41-33(44)24-7-6-22(16-25(24)34(41)45)35-17-19-14-23(15-19)40-18-26(31(39-40)20-4-5-20)27-2-1-3-29(37-27)36-21-10-12-46-13-11-21/h1-3,6-7,16,18-21,23,28,35H,4-5,8-15,17H2,(H,36,37)(H,38,42,43)/t19-,23+,28?. The van der Waals surface area contributed by atoms with Gasteiger partial charge in [0.05, 0.1) is 28.6 Å². The molecule has 5 aliphatic rings.